The number of nitrogens with zero attached hydrogens (tertiary/aromatic N) is 1. The van der Waals surface area contributed by atoms with E-state index in [0.29, 0.717) is 13.1 Å². The highest BCUT2D eigenvalue weighted by molar-refractivity contribution is 6.30. The SMILES string of the molecule is O=c1[nH]c(=O)n(CCNCC2CCCCC2)cc1Cl. The number of nitrogens with one attached hydrogen (secondary N) is 2. The summed E-state index contributed by atoms with van der Waals surface area (Å²) in [7, 11) is 0. The molecule has 1 aromatic rings. The Morgan fingerprint density at radius 3 is 2.79 bits per heavy atom. The van der Waals surface area contributed by atoms with Crippen molar-refractivity contribution in [2.24, 2.45) is 5.92 Å². The molecule has 0 atom stereocenters. The van der Waals surface area contributed by atoms with Crippen LogP contribution in [0.3, 0.4) is 0 Å². The summed E-state index contributed by atoms with van der Waals surface area (Å²) < 4.78 is 1.43. The maximum atomic E-state index is 11.5. The first-order valence-electron chi connectivity index (χ1n) is 6.87. The molecule has 0 bridgehead atoms. The number of hydrogen-bond acceptors (Lipinski definition) is 3. The van der Waals surface area contributed by atoms with Gasteiger partial charge in [-0.15, -0.1) is 0 Å². The molecular weight excluding hydrogens is 266 g/mol. The summed E-state index contributed by atoms with van der Waals surface area (Å²) >= 11 is 5.70. The Kier molecular flexibility index (Phi) is 5.22. The van der Waals surface area contributed by atoms with Crippen molar-refractivity contribution in [1.82, 2.24) is 14.9 Å². The van der Waals surface area contributed by atoms with E-state index in [4.69, 9.17) is 11.6 Å². The zero-order chi connectivity index (χ0) is 13.7. The molecule has 1 heterocycles. The summed E-state index contributed by atoms with van der Waals surface area (Å²) in [6, 6.07) is 0. The molecule has 1 fully saturated rings. The number of aromatic amines is 1. The van der Waals surface area contributed by atoms with Crippen LogP contribution in [-0.2, 0) is 6.54 Å². The van der Waals surface area contributed by atoms with Gasteiger partial charge in [-0.1, -0.05) is 30.9 Å². The number of halogens is 1. The van der Waals surface area contributed by atoms with E-state index in [0.717, 1.165) is 12.5 Å². The molecule has 6 heteroatoms. The fraction of sp³-hybridized carbons (Fsp3) is 0.692. The molecule has 2 rings (SSSR count). The fourth-order valence-corrected chi connectivity index (χ4v) is 2.71. The predicted octanol–water partition coefficient (Wildman–Crippen LogP) is 1.36. The Balaban J connectivity index is 1.78. The summed E-state index contributed by atoms with van der Waals surface area (Å²) in [5, 5.41) is 3.42. The highest BCUT2D eigenvalue weighted by Crippen LogP contribution is 2.22. The van der Waals surface area contributed by atoms with Gasteiger partial charge in [-0.3, -0.25) is 14.3 Å². The molecule has 0 amide bonds. The lowest BCUT2D eigenvalue weighted by molar-refractivity contribution is 0.340. The van der Waals surface area contributed by atoms with E-state index in [2.05, 4.69) is 10.3 Å². The van der Waals surface area contributed by atoms with Gasteiger partial charge in [0.15, 0.2) is 0 Å². The van der Waals surface area contributed by atoms with E-state index >= 15 is 0 Å². The van der Waals surface area contributed by atoms with Gasteiger partial charge < -0.3 is 5.32 Å². The molecule has 1 aliphatic rings. The van der Waals surface area contributed by atoms with Crippen molar-refractivity contribution in [2.45, 2.75) is 38.6 Å². The van der Waals surface area contributed by atoms with E-state index in [1.165, 1.54) is 42.9 Å². The summed E-state index contributed by atoms with van der Waals surface area (Å²) in [6.07, 6.45) is 8.03. The number of hydrogen-bond donors (Lipinski definition) is 2. The van der Waals surface area contributed by atoms with E-state index in [1.807, 2.05) is 0 Å². The molecular formula is C13H20ClN3O2. The van der Waals surface area contributed by atoms with Crippen LogP contribution < -0.4 is 16.6 Å². The lowest BCUT2D eigenvalue weighted by Crippen LogP contribution is -2.34. The second kappa shape index (κ2) is 6.91. The second-order valence-corrected chi connectivity index (χ2v) is 5.55. The van der Waals surface area contributed by atoms with Gasteiger partial charge in [0, 0.05) is 19.3 Å². The normalized spacial score (nSPS) is 16.7. The van der Waals surface area contributed by atoms with Crippen molar-refractivity contribution >= 4 is 11.6 Å². The maximum absolute atomic E-state index is 11.5. The highest BCUT2D eigenvalue weighted by Gasteiger charge is 2.12. The zero-order valence-corrected chi connectivity index (χ0v) is 11.7. The van der Waals surface area contributed by atoms with Gasteiger partial charge in [0.05, 0.1) is 0 Å². The van der Waals surface area contributed by atoms with Crippen molar-refractivity contribution in [2.75, 3.05) is 13.1 Å². The van der Waals surface area contributed by atoms with Crippen LogP contribution in [0.5, 0.6) is 0 Å². The summed E-state index contributed by atoms with van der Waals surface area (Å²) in [5.74, 6) is 0.768. The monoisotopic (exact) mass is 285 g/mol. The van der Waals surface area contributed by atoms with Crippen LogP contribution in [-0.4, -0.2) is 22.6 Å². The molecule has 2 N–H and O–H groups in total. The number of H-pyrrole nitrogens is 1. The van der Waals surface area contributed by atoms with Crippen LogP contribution in [0, 0.1) is 5.92 Å². The smallest absolute Gasteiger partial charge is 0.315 e. The van der Waals surface area contributed by atoms with Gasteiger partial charge >= 0.3 is 5.69 Å². The summed E-state index contributed by atoms with van der Waals surface area (Å²) in [5.41, 5.74) is -0.938. The van der Waals surface area contributed by atoms with E-state index in [9.17, 15) is 9.59 Å². The average molecular weight is 286 g/mol. The van der Waals surface area contributed by atoms with Crippen molar-refractivity contribution < 1.29 is 0 Å². The van der Waals surface area contributed by atoms with Gasteiger partial charge in [0.1, 0.15) is 5.02 Å². The Labute approximate surface area is 117 Å². The Morgan fingerprint density at radius 1 is 1.32 bits per heavy atom. The quantitative estimate of drug-likeness (QED) is 0.803. The number of rotatable bonds is 5. The molecule has 0 radical (unpaired) electrons. The molecule has 5 nitrogen and oxygen atoms in total. The lowest BCUT2D eigenvalue weighted by Gasteiger charge is -2.21. The first kappa shape index (κ1) is 14.3. The van der Waals surface area contributed by atoms with E-state index in [-0.39, 0.29) is 5.02 Å². The van der Waals surface area contributed by atoms with Gasteiger partial charge in [-0.25, -0.2) is 4.79 Å². The standard InChI is InChI=1S/C13H20ClN3O2/c14-11-9-17(13(19)16-12(11)18)7-6-15-8-10-4-2-1-3-5-10/h9-10,15H,1-8H2,(H,16,18,19). The van der Waals surface area contributed by atoms with Crippen LogP contribution in [0.1, 0.15) is 32.1 Å². The third-order valence-electron chi connectivity index (χ3n) is 3.65. The van der Waals surface area contributed by atoms with Crippen LogP contribution in [0.4, 0.5) is 0 Å². The number of aromatic nitrogens is 2. The molecule has 0 saturated heterocycles. The van der Waals surface area contributed by atoms with Crippen molar-refractivity contribution in [1.29, 1.82) is 0 Å². The van der Waals surface area contributed by atoms with Crippen LogP contribution in [0.2, 0.25) is 5.02 Å². The van der Waals surface area contributed by atoms with Crippen molar-refractivity contribution in [3.8, 4) is 0 Å². The highest BCUT2D eigenvalue weighted by atomic mass is 35.5. The minimum Gasteiger partial charge on any atom is -0.315 e. The largest absolute Gasteiger partial charge is 0.328 e. The molecule has 1 aliphatic carbocycles. The van der Waals surface area contributed by atoms with Crippen LogP contribution >= 0.6 is 11.6 Å². The molecule has 0 aromatic carbocycles. The third-order valence-corrected chi connectivity index (χ3v) is 3.92. The second-order valence-electron chi connectivity index (χ2n) is 5.14. The molecule has 0 spiro atoms. The van der Waals surface area contributed by atoms with Crippen molar-refractivity contribution in [3.05, 3.63) is 32.1 Å². The van der Waals surface area contributed by atoms with Gasteiger partial charge in [-0.05, 0) is 25.3 Å². The third kappa shape index (κ3) is 4.21. The van der Waals surface area contributed by atoms with Gasteiger partial charge in [-0.2, -0.15) is 0 Å². The topological polar surface area (TPSA) is 66.9 Å². The minimum absolute atomic E-state index is 0.0480. The lowest BCUT2D eigenvalue weighted by atomic mass is 9.89. The van der Waals surface area contributed by atoms with Crippen LogP contribution in [0.25, 0.3) is 0 Å². The summed E-state index contributed by atoms with van der Waals surface area (Å²) in [6.45, 7) is 2.23. The van der Waals surface area contributed by atoms with E-state index in [1.54, 1.807) is 0 Å². The first-order chi connectivity index (χ1) is 9.16. The molecule has 106 valence electrons. The first-order valence-corrected chi connectivity index (χ1v) is 7.24. The van der Waals surface area contributed by atoms with Crippen molar-refractivity contribution in [3.63, 3.8) is 0 Å². The Hall–Kier alpha value is -1.07. The molecule has 1 saturated carbocycles. The minimum atomic E-state index is -0.530. The fourth-order valence-electron chi connectivity index (χ4n) is 2.55. The molecule has 19 heavy (non-hydrogen) atoms. The predicted molar refractivity (Wildman–Crippen MR) is 75.8 cm³/mol. The average Bonchev–Trinajstić information content (AvgIpc) is 2.41. The molecule has 0 unspecified atom stereocenters. The zero-order valence-electron chi connectivity index (χ0n) is 11.0. The van der Waals surface area contributed by atoms with Crippen LogP contribution in [0.15, 0.2) is 15.8 Å². The van der Waals surface area contributed by atoms with E-state index < -0.39 is 11.2 Å². The molecule has 1 aromatic heterocycles. The van der Waals surface area contributed by atoms with Gasteiger partial charge in [0.2, 0.25) is 0 Å². The summed E-state index contributed by atoms with van der Waals surface area (Å²) in [4.78, 5) is 24.8. The maximum Gasteiger partial charge on any atom is 0.328 e. The van der Waals surface area contributed by atoms with Gasteiger partial charge in [0.25, 0.3) is 5.56 Å². The Morgan fingerprint density at radius 2 is 2.05 bits per heavy atom. The Bertz CT molecular complexity index is 517. The molecule has 0 aliphatic heterocycles.